The lowest BCUT2D eigenvalue weighted by Gasteiger charge is -2.34. The molecule has 1 aliphatic carbocycles. The van der Waals surface area contributed by atoms with E-state index in [1.807, 2.05) is 26.2 Å². The summed E-state index contributed by atoms with van der Waals surface area (Å²) < 4.78 is 0. The Morgan fingerprint density at radius 3 is 2.71 bits per heavy atom. The van der Waals surface area contributed by atoms with Gasteiger partial charge in [0.2, 0.25) is 5.91 Å². The Morgan fingerprint density at radius 1 is 1.29 bits per heavy atom. The highest BCUT2D eigenvalue weighted by Crippen LogP contribution is 2.40. The van der Waals surface area contributed by atoms with Crippen molar-refractivity contribution in [2.24, 2.45) is 5.41 Å². The van der Waals surface area contributed by atoms with E-state index >= 15 is 0 Å². The molecule has 5 heteroatoms. The monoisotopic (exact) mass is 332 g/mol. The summed E-state index contributed by atoms with van der Waals surface area (Å²) in [5, 5.41) is 8.47. The third-order valence-electron chi connectivity index (χ3n) is 5.10. The number of anilines is 1. The zero-order valence-corrected chi connectivity index (χ0v) is 14.9. The first-order valence-corrected chi connectivity index (χ1v) is 8.65. The van der Waals surface area contributed by atoms with E-state index in [1.165, 1.54) is 0 Å². The Kier molecular flexibility index (Phi) is 5.99. The van der Waals surface area contributed by atoms with Crippen LogP contribution in [0, 0.1) is 5.41 Å². The highest BCUT2D eigenvalue weighted by atomic mass is 16.5. The molecule has 5 nitrogen and oxygen atoms in total. The van der Waals surface area contributed by atoms with E-state index in [0.29, 0.717) is 6.42 Å². The molecule has 1 unspecified atom stereocenters. The van der Waals surface area contributed by atoms with Gasteiger partial charge in [0.25, 0.3) is 0 Å². The van der Waals surface area contributed by atoms with Gasteiger partial charge in [-0.25, -0.2) is 5.48 Å². The summed E-state index contributed by atoms with van der Waals surface area (Å²) in [5.74, 6) is -0.0947. The van der Waals surface area contributed by atoms with Crippen molar-refractivity contribution in [1.29, 1.82) is 0 Å². The number of benzene rings is 1. The number of nitrogens with one attached hydrogen (secondary N) is 1. The van der Waals surface area contributed by atoms with Crippen molar-refractivity contribution >= 4 is 17.4 Å². The van der Waals surface area contributed by atoms with Gasteiger partial charge in [-0.1, -0.05) is 19.8 Å². The van der Waals surface area contributed by atoms with Gasteiger partial charge in [-0.3, -0.25) is 14.8 Å². The molecular formula is C19H28N2O3. The largest absolute Gasteiger partial charge is 0.378 e. The third kappa shape index (κ3) is 4.15. The fraction of sp³-hybridized carbons (Fsp3) is 0.579. The summed E-state index contributed by atoms with van der Waals surface area (Å²) in [6.07, 6.45) is 5.55. The number of unbranched alkanes of at least 4 members (excludes halogenated alkanes) is 2. The molecule has 0 fully saturated rings. The number of hydrogen-bond acceptors (Lipinski definition) is 4. The third-order valence-corrected chi connectivity index (χ3v) is 5.10. The van der Waals surface area contributed by atoms with E-state index in [9.17, 15) is 9.59 Å². The van der Waals surface area contributed by atoms with Gasteiger partial charge < -0.3 is 4.90 Å². The average Bonchev–Trinajstić information content (AvgIpc) is 2.57. The SMILES string of the molecule is CN(C)c1ccc2c(c1)CCC(C)(CCCCCC(=O)NO)C2=O. The van der Waals surface area contributed by atoms with Crippen LogP contribution in [-0.4, -0.2) is 31.0 Å². The molecule has 1 amide bonds. The van der Waals surface area contributed by atoms with Crippen LogP contribution in [0.5, 0.6) is 0 Å². The molecule has 2 rings (SSSR count). The van der Waals surface area contributed by atoms with E-state index in [2.05, 4.69) is 17.9 Å². The molecule has 1 aliphatic rings. The van der Waals surface area contributed by atoms with Crippen molar-refractivity contribution in [3.63, 3.8) is 0 Å². The molecule has 0 saturated heterocycles. The number of nitrogens with zero attached hydrogens (tertiary/aromatic N) is 1. The zero-order chi connectivity index (χ0) is 17.7. The number of fused-ring (bicyclic) bond motifs is 1. The first kappa shape index (κ1) is 18.5. The number of ketones is 1. The number of aryl methyl sites for hydroxylation is 1. The average molecular weight is 332 g/mol. The Bertz CT molecular complexity index is 613. The van der Waals surface area contributed by atoms with Gasteiger partial charge in [-0.05, 0) is 49.4 Å². The number of Topliss-reactive ketones (excluding diaryl/α,β-unsaturated/α-hetero) is 1. The molecule has 0 saturated carbocycles. The van der Waals surface area contributed by atoms with Crippen LogP contribution in [0.25, 0.3) is 0 Å². The van der Waals surface area contributed by atoms with Gasteiger partial charge in [0.05, 0.1) is 0 Å². The van der Waals surface area contributed by atoms with E-state index < -0.39 is 0 Å². The topological polar surface area (TPSA) is 69.6 Å². The van der Waals surface area contributed by atoms with Crippen molar-refractivity contribution in [1.82, 2.24) is 5.48 Å². The van der Waals surface area contributed by atoms with Crippen molar-refractivity contribution in [3.05, 3.63) is 29.3 Å². The summed E-state index contributed by atoms with van der Waals surface area (Å²) in [7, 11) is 4.01. The summed E-state index contributed by atoms with van der Waals surface area (Å²) in [6.45, 7) is 2.07. The second-order valence-electron chi connectivity index (χ2n) is 7.22. The number of hydroxylamine groups is 1. The molecule has 0 spiro atoms. The molecule has 1 aromatic carbocycles. The minimum absolute atomic E-state index is 0.252. The molecule has 2 N–H and O–H groups in total. The highest BCUT2D eigenvalue weighted by molar-refractivity contribution is 6.02. The fourth-order valence-electron chi connectivity index (χ4n) is 3.41. The number of amides is 1. The van der Waals surface area contributed by atoms with Crippen LogP contribution in [0.3, 0.4) is 0 Å². The molecule has 0 bridgehead atoms. The zero-order valence-electron chi connectivity index (χ0n) is 14.9. The molecular weight excluding hydrogens is 304 g/mol. The Hall–Kier alpha value is -1.88. The van der Waals surface area contributed by atoms with Gasteiger partial charge >= 0.3 is 0 Å². The van der Waals surface area contributed by atoms with Crippen molar-refractivity contribution in [2.45, 2.75) is 51.9 Å². The first-order chi connectivity index (χ1) is 11.4. The first-order valence-electron chi connectivity index (χ1n) is 8.65. The summed E-state index contributed by atoms with van der Waals surface area (Å²) in [6, 6.07) is 6.10. The maximum absolute atomic E-state index is 12.9. The van der Waals surface area contributed by atoms with Crippen molar-refractivity contribution in [2.75, 3.05) is 19.0 Å². The minimum atomic E-state index is -0.347. The predicted octanol–water partition coefficient (Wildman–Crippen LogP) is 3.34. The smallest absolute Gasteiger partial charge is 0.243 e. The maximum atomic E-state index is 12.9. The van der Waals surface area contributed by atoms with Crippen LogP contribution in [0.2, 0.25) is 0 Å². The number of hydrogen-bond donors (Lipinski definition) is 2. The van der Waals surface area contributed by atoms with Crippen LogP contribution in [0.1, 0.15) is 61.4 Å². The normalized spacial score (nSPS) is 19.8. The van der Waals surface area contributed by atoms with Gasteiger partial charge in [0, 0.05) is 37.2 Å². The standard InChI is InChI=1S/C19H28N2O3/c1-19(11-6-4-5-7-17(22)20-24)12-10-14-13-15(21(2)3)8-9-16(14)18(19)23/h8-9,13,24H,4-7,10-12H2,1-3H3,(H,20,22). The molecule has 0 aromatic heterocycles. The maximum Gasteiger partial charge on any atom is 0.243 e. The Balaban J connectivity index is 1.95. The summed E-state index contributed by atoms with van der Waals surface area (Å²) in [4.78, 5) is 26.0. The Morgan fingerprint density at radius 2 is 2.04 bits per heavy atom. The lowest BCUT2D eigenvalue weighted by atomic mass is 9.69. The number of carbonyl (C=O) groups is 2. The minimum Gasteiger partial charge on any atom is -0.378 e. The molecule has 0 aliphatic heterocycles. The number of carbonyl (C=O) groups excluding carboxylic acids is 2. The van der Waals surface area contributed by atoms with Gasteiger partial charge in [-0.15, -0.1) is 0 Å². The van der Waals surface area contributed by atoms with E-state index in [1.54, 1.807) is 5.48 Å². The van der Waals surface area contributed by atoms with Gasteiger partial charge in [0.15, 0.2) is 5.78 Å². The van der Waals surface area contributed by atoms with Gasteiger partial charge in [0.1, 0.15) is 0 Å². The van der Waals surface area contributed by atoms with Gasteiger partial charge in [-0.2, -0.15) is 0 Å². The molecule has 0 radical (unpaired) electrons. The van der Waals surface area contributed by atoms with Crippen LogP contribution >= 0.6 is 0 Å². The van der Waals surface area contributed by atoms with Crippen molar-refractivity contribution < 1.29 is 14.8 Å². The highest BCUT2D eigenvalue weighted by Gasteiger charge is 2.37. The quantitative estimate of drug-likeness (QED) is 0.456. The lowest BCUT2D eigenvalue weighted by molar-refractivity contribution is -0.129. The van der Waals surface area contributed by atoms with E-state index in [-0.39, 0.29) is 17.1 Å². The van der Waals surface area contributed by atoms with E-state index in [0.717, 1.165) is 55.3 Å². The molecule has 132 valence electrons. The second-order valence-corrected chi connectivity index (χ2v) is 7.22. The Labute approximate surface area is 144 Å². The van der Waals surface area contributed by atoms with Crippen LogP contribution in [-0.2, 0) is 11.2 Å². The fourth-order valence-corrected chi connectivity index (χ4v) is 3.41. The van der Waals surface area contributed by atoms with E-state index in [4.69, 9.17) is 5.21 Å². The molecule has 1 aromatic rings. The predicted molar refractivity (Wildman–Crippen MR) is 94.5 cm³/mol. The van der Waals surface area contributed by atoms with Crippen LogP contribution < -0.4 is 10.4 Å². The second kappa shape index (κ2) is 7.79. The molecule has 24 heavy (non-hydrogen) atoms. The van der Waals surface area contributed by atoms with Crippen molar-refractivity contribution in [3.8, 4) is 0 Å². The summed E-state index contributed by atoms with van der Waals surface area (Å²) >= 11 is 0. The molecule has 1 atom stereocenters. The van der Waals surface area contributed by atoms with Crippen LogP contribution in [0.15, 0.2) is 18.2 Å². The summed E-state index contributed by atoms with van der Waals surface area (Å²) in [5.41, 5.74) is 4.50. The molecule has 0 heterocycles. The number of rotatable bonds is 7. The lowest BCUT2D eigenvalue weighted by Crippen LogP contribution is -2.33. The van der Waals surface area contributed by atoms with Crippen LogP contribution in [0.4, 0.5) is 5.69 Å².